The van der Waals surface area contributed by atoms with E-state index in [1.807, 2.05) is 13.0 Å². The van der Waals surface area contributed by atoms with Crippen molar-refractivity contribution >= 4 is 5.97 Å². The lowest BCUT2D eigenvalue weighted by Gasteiger charge is -2.36. The molecule has 4 heteroatoms. The number of benzene rings is 1. The summed E-state index contributed by atoms with van der Waals surface area (Å²) in [7, 11) is 0. The van der Waals surface area contributed by atoms with E-state index in [4.69, 9.17) is 5.11 Å². The standard InChI is InChI=1S/C13H16FNO2/c1-8(9-3-2-4-10(14)7-9)15-12-6-5-11(12)13(16)17/h2-4,7-8,11-12,15H,5-6H2,1H3,(H,16,17). The quantitative estimate of drug-likeness (QED) is 0.845. The van der Waals surface area contributed by atoms with Crippen LogP contribution in [0.5, 0.6) is 0 Å². The summed E-state index contributed by atoms with van der Waals surface area (Å²) in [4.78, 5) is 10.9. The molecule has 0 aromatic heterocycles. The number of carboxylic acids is 1. The van der Waals surface area contributed by atoms with Gasteiger partial charge in [-0.05, 0) is 37.5 Å². The van der Waals surface area contributed by atoms with Crippen molar-refractivity contribution in [3.05, 3.63) is 35.6 Å². The molecule has 0 bridgehead atoms. The molecule has 3 atom stereocenters. The van der Waals surface area contributed by atoms with Gasteiger partial charge in [-0.25, -0.2) is 4.39 Å². The molecule has 0 amide bonds. The van der Waals surface area contributed by atoms with Gasteiger partial charge in [0.1, 0.15) is 5.82 Å². The summed E-state index contributed by atoms with van der Waals surface area (Å²) < 4.78 is 13.0. The van der Waals surface area contributed by atoms with Crippen molar-refractivity contribution in [1.29, 1.82) is 0 Å². The topological polar surface area (TPSA) is 49.3 Å². The third kappa shape index (κ3) is 2.64. The molecule has 1 aromatic rings. The molecule has 0 heterocycles. The highest BCUT2D eigenvalue weighted by molar-refractivity contribution is 5.72. The van der Waals surface area contributed by atoms with Crippen LogP contribution in [0.1, 0.15) is 31.4 Å². The van der Waals surface area contributed by atoms with Gasteiger partial charge in [-0.1, -0.05) is 12.1 Å². The van der Waals surface area contributed by atoms with E-state index in [-0.39, 0.29) is 23.8 Å². The van der Waals surface area contributed by atoms with Crippen LogP contribution < -0.4 is 5.32 Å². The van der Waals surface area contributed by atoms with Gasteiger partial charge in [-0.2, -0.15) is 0 Å². The maximum Gasteiger partial charge on any atom is 0.308 e. The Morgan fingerprint density at radius 3 is 2.82 bits per heavy atom. The predicted octanol–water partition coefficient (Wildman–Crippen LogP) is 2.34. The van der Waals surface area contributed by atoms with Gasteiger partial charge in [0.2, 0.25) is 0 Å². The smallest absolute Gasteiger partial charge is 0.308 e. The molecule has 0 radical (unpaired) electrons. The number of halogens is 1. The molecule has 17 heavy (non-hydrogen) atoms. The van der Waals surface area contributed by atoms with E-state index in [0.29, 0.717) is 0 Å². The number of aliphatic carboxylic acids is 1. The molecule has 0 aliphatic heterocycles. The first-order valence-corrected chi connectivity index (χ1v) is 5.82. The van der Waals surface area contributed by atoms with Crippen LogP contribution in [0, 0.1) is 11.7 Å². The van der Waals surface area contributed by atoms with Crippen molar-refractivity contribution in [2.75, 3.05) is 0 Å². The van der Waals surface area contributed by atoms with Crippen LogP contribution in [0.3, 0.4) is 0 Å². The van der Waals surface area contributed by atoms with E-state index in [2.05, 4.69) is 5.32 Å². The van der Waals surface area contributed by atoms with Crippen molar-refractivity contribution in [2.24, 2.45) is 5.92 Å². The number of rotatable bonds is 4. The van der Waals surface area contributed by atoms with Gasteiger partial charge in [0.15, 0.2) is 0 Å². The molecule has 0 spiro atoms. The van der Waals surface area contributed by atoms with E-state index in [9.17, 15) is 9.18 Å². The molecule has 1 aromatic carbocycles. The fourth-order valence-corrected chi connectivity index (χ4v) is 2.19. The SMILES string of the molecule is CC(NC1CCC1C(=O)O)c1cccc(F)c1. The zero-order valence-corrected chi connectivity index (χ0v) is 9.69. The molecule has 1 saturated carbocycles. The molecular formula is C13H16FNO2. The number of carboxylic acid groups (broad SMARTS) is 1. The summed E-state index contributed by atoms with van der Waals surface area (Å²) in [6, 6.07) is 6.36. The first-order chi connectivity index (χ1) is 8.08. The molecule has 3 unspecified atom stereocenters. The average molecular weight is 237 g/mol. The molecule has 0 saturated heterocycles. The second-order valence-electron chi connectivity index (χ2n) is 4.57. The highest BCUT2D eigenvalue weighted by Crippen LogP contribution is 2.29. The first-order valence-electron chi connectivity index (χ1n) is 5.82. The van der Waals surface area contributed by atoms with E-state index in [1.54, 1.807) is 6.07 Å². The third-order valence-corrected chi connectivity index (χ3v) is 3.40. The van der Waals surface area contributed by atoms with E-state index in [0.717, 1.165) is 18.4 Å². The van der Waals surface area contributed by atoms with Crippen LogP contribution in [0.15, 0.2) is 24.3 Å². The maximum atomic E-state index is 13.0. The molecule has 92 valence electrons. The van der Waals surface area contributed by atoms with Gasteiger partial charge in [-0.15, -0.1) is 0 Å². The normalized spacial score (nSPS) is 25.1. The Morgan fingerprint density at radius 1 is 1.53 bits per heavy atom. The average Bonchev–Trinajstić information content (AvgIpc) is 2.23. The van der Waals surface area contributed by atoms with Gasteiger partial charge in [0.05, 0.1) is 5.92 Å². The number of nitrogens with one attached hydrogen (secondary N) is 1. The van der Waals surface area contributed by atoms with E-state index >= 15 is 0 Å². The fourth-order valence-electron chi connectivity index (χ4n) is 2.19. The maximum absolute atomic E-state index is 13.0. The monoisotopic (exact) mass is 237 g/mol. The third-order valence-electron chi connectivity index (χ3n) is 3.40. The molecule has 1 aliphatic rings. The Kier molecular flexibility index (Phi) is 3.43. The van der Waals surface area contributed by atoms with Crippen molar-refractivity contribution in [3.63, 3.8) is 0 Å². The van der Waals surface area contributed by atoms with Crippen LogP contribution in [0.2, 0.25) is 0 Å². The number of carbonyl (C=O) groups is 1. The summed E-state index contributed by atoms with van der Waals surface area (Å²) in [5.41, 5.74) is 0.848. The largest absolute Gasteiger partial charge is 0.481 e. The summed E-state index contributed by atoms with van der Waals surface area (Å²) >= 11 is 0. The molecule has 1 aliphatic carbocycles. The fraction of sp³-hybridized carbons (Fsp3) is 0.462. The zero-order valence-electron chi connectivity index (χ0n) is 9.69. The lowest BCUT2D eigenvalue weighted by Crippen LogP contribution is -2.48. The van der Waals surface area contributed by atoms with Crippen molar-refractivity contribution in [3.8, 4) is 0 Å². The molecule has 1 fully saturated rings. The van der Waals surface area contributed by atoms with Gasteiger partial charge in [0.25, 0.3) is 0 Å². The Morgan fingerprint density at radius 2 is 2.29 bits per heavy atom. The van der Waals surface area contributed by atoms with Crippen LogP contribution >= 0.6 is 0 Å². The highest BCUT2D eigenvalue weighted by atomic mass is 19.1. The molecular weight excluding hydrogens is 221 g/mol. The molecule has 2 N–H and O–H groups in total. The van der Waals surface area contributed by atoms with Crippen molar-refractivity contribution in [2.45, 2.75) is 31.8 Å². The first kappa shape index (κ1) is 12.0. The lowest BCUT2D eigenvalue weighted by molar-refractivity contribution is -0.146. The van der Waals surface area contributed by atoms with Crippen molar-refractivity contribution < 1.29 is 14.3 Å². The second kappa shape index (κ2) is 4.84. The van der Waals surface area contributed by atoms with E-state index in [1.165, 1.54) is 12.1 Å². The Hall–Kier alpha value is -1.42. The minimum Gasteiger partial charge on any atom is -0.481 e. The van der Waals surface area contributed by atoms with Crippen LogP contribution in [0.25, 0.3) is 0 Å². The van der Waals surface area contributed by atoms with Crippen molar-refractivity contribution in [1.82, 2.24) is 5.32 Å². The molecule has 3 nitrogen and oxygen atoms in total. The Balaban J connectivity index is 1.98. The molecule has 2 rings (SSSR count). The van der Waals surface area contributed by atoms with Crippen LogP contribution in [0.4, 0.5) is 4.39 Å². The summed E-state index contributed by atoms with van der Waals surface area (Å²) in [5.74, 6) is -1.31. The summed E-state index contributed by atoms with van der Waals surface area (Å²) in [5, 5.41) is 12.2. The number of hydrogen-bond donors (Lipinski definition) is 2. The zero-order chi connectivity index (χ0) is 12.4. The van der Waals surface area contributed by atoms with Gasteiger partial charge >= 0.3 is 5.97 Å². The minimum absolute atomic E-state index is 0.00534. The Labute approximate surface area is 99.7 Å². The lowest BCUT2D eigenvalue weighted by atomic mass is 9.79. The van der Waals surface area contributed by atoms with Gasteiger partial charge < -0.3 is 10.4 Å². The summed E-state index contributed by atoms with van der Waals surface area (Å²) in [6.45, 7) is 1.92. The number of hydrogen-bond acceptors (Lipinski definition) is 2. The summed E-state index contributed by atoms with van der Waals surface area (Å²) in [6.07, 6.45) is 1.60. The minimum atomic E-state index is -0.750. The van der Waals surface area contributed by atoms with Crippen LogP contribution in [-0.4, -0.2) is 17.1 Å². The second-order valence-corrected chi connectivity index (χ2v) is 4.57. The predicted molar refractivity (Wildman–Crippen MR) is 62.1 cm³/mol. The van der Waals surface area contributed by atoms with Crippen LogP contribution in [-0.2, 0) is 4.79 Å². The van der Waals surface area contributed by atoms with E-state index < -0.39 is 5.97 Å². The highest BCUT2D eigenvalue weighted by Gasteiger charge is 2.37. The van der Waals surface area contributed by atoms with Gasteiger partial charge in [0, 0.05) is 12.1 Å². The van der Waals surface area contributed by atoms with Gasteiger partial charge in [-0.3, -0.25) is 4.79 Å². The Bertz CT molecular complexity index is 422.